The molecule has 0 spiro atoms. The number of benzene rings is 1. The molecule has 25 heavy (non-hydrogen) atoms. The van der Waals surface area contributed by atoms with E-state index in [-0.39, 0.29) is 17.5 Å². The topological polar surface area (TPSA) is 63.2 Å². The van der Waals surface area contributed by atoms with Crippen LogP contribution in [0.1, 0.15) is 12.0 Å². The number of sulfone groups is 1. The third-order valence-electron chi connectivity index (χ3n) is 4.83. The molecule has 5 nitrogen and oxygen atoms in total. The van der Waals surface area contributed by atoms with E-state index in [4.69, 9.17) is 0 Å². The summed E-state index contributed by atoms with van der Waals surface area (Å²) in [6, 6.07) is 10.2. The fourth-order valence-corrected chi connectivity index (χ4v) is 6.36. The lowest BCUT2D eigenvalue weighted by molar-refractivity contribution is 0.600. The number of hydrogen-bond donors (Lipinski definition) is 0. The van der Waals surface area contributed by atoms with Gasteiger partial charge in [-0.15, -0.1) is 11.3 Å². The Kier molecular flexibility index (Phi) is 4.00. The molecule has 2 aromatic heterocycles. The van der Waals surface area contributed by atoms with Crippen molar-refractivity contribution in [3.63, 3.8) is 0 Å². The second kappa shape index (κ2) is 6.07. The van der Waals surface area contributed by atoms with Crippen LogP contribution in [0, 0.1) is 6.92 Å². The van der Waals surface area contributed by atoms with Crippen LogP contribution in [0.5, 0.6) is 0 Å². The van der Waals surface area contributed by atoms with Crippen molar-refractivity contribution in [3.8, 4) is 10.4 Å². The average Bonchev–Trinajstić information content (AvgIpc) is 3.15. The van der Waals surface area contributed by atoms with E-state index in [1.165, 1.54) is 10.4 Å². The summed E-state index contributed by atoms with van der Waals surface area (Å²) in [6.07, 6.45) is 2.22. The fraction of sp³-hybridized carbons (Fsp3) is 0.333. The smallest absolute Gasteiger partial charge is 0.152 e. The Hall–Kier alpha value is -1.99. The first-order valence-electron chi connectivity index (χ1n) is 8.19. The summed E-state index contributed by atoms with van der Waals surface area (Å²) in [7, 11) is -0.995. The molecule has 1 saturated heterocycles. The number of fused-ring (bicyclic) bond motifs is 1. The summed E-state index contributed by atoms with van der Waals surface area (Å²) in [5.74, 6) is 1.28. The molecular weight excluding hydrogens is 354 g/mol. The van der Waals surface area contributed by atoms with Gasteiger partial charge in [-0.05, 0) is 24.5 Å². The van der Waals surface area contributed by atoms with Crippen LogP contribution in [-0.4, -0.2) is 43.0 Å². The molecule has 0 aliphatic carbocycles. The van der Waals surface area contributed by atoms with E-state index in [9.17, 15) is 8.42 Å². The summed E-state index contributed by atoms with van der Waals surface area (Å²) >= 11 is 1.65. The molecule has 130 valence electrons. The van der Waals surface area contributed by atoms with E-state index in [2.05, 4.69) is 29.0 Å². The predicted octanol–water partition coefficient (Wildman–Crippen LogP) is 3.29. The molecule has 1 aromatic carbocycles. The Morgan fingerprint density at radius 3 is 2.64 bits per heavy atom. The largest absolute Gasteiger partial charge is 0.355 e. The van der Waals surface area contributed by atoms with Crippen LogP contribution in [0.15, 0.2) is 36.7 Å². The van der Waals surface area contributed by atoms with Crippen LogP contribution < -0.4 is 4.90 Å². The summed E-state index contributed by atoms with van der Waals surface area (Å²) in [4.78, 5) is 13.1. The number of thiophene rings is 1. The number of hydrogen-bond acceptors (Lipinski definition) is 6. The molecule has 4 rings (SSSR count). The van der Waals surface area contributed by atoms with Gasteiger partial charge in [-0.2, -0.15) is 0 Å². The molecule has 1 atom stereocenters. The minimum absolute atomic E-state index is 0.0254. The van der Waals surface area contributed by atoms with Crippen LogP contribution in [-0.2, 0) is 9.84 Å². The van der Waals surface area contributed by atoms with Gasteiger partial charge in [-0.3, -0.25) is 0 Å². The van der Waals surface area contributed by atoms with Gasteiger partial charge < -0.3 is 4.90 Å². The average molecular weight is 374 g/mol. The highest BCUT2D eigenvalue weighted by molar-refractivity contribution is 7.91. The van der Waals surface area contributed by atoms with Gasteiger partial charge in [0.2, 0.25) is 0 Å². The van der Waals surface area contributed by atoms with Crippen molar-refractivity contribution < 1.29 is 8.42 Å². The zero-order valence-corrected chi connectivity index (χ0v) is 15.8. The quantitative estimate of drug-likeness (QED) is 0.705. The highest BCUT2D eigenvalue weighted by Crippen LogP contribution is 2.40. The van der Waals surface area contributed by atoms with Crippen molar-refractivity contribution in [2.75, 3.05) is 23.5 Å². The minimum Gasteiger partial charge on any atom is -0.355 e. The maximum absolute atomic E-state index is 11.8. The highest BCUT2D eigenvalue weighted by atomic mass is 32.2. The fourth-order valence-electron chi connectivity index (χ4n) is 3.44. The van der Waals surface area contributed by atoms with E-state index >= 15 is 0 Å². The second-order valence-corrected chi connectivity index (χ2v) is 9.70. The third-order valence-corrected chi connectivity index (χ3v) is 7.83. The Labute approximate surface area is 151 Å². The Bertz CT molecular complexity index is 1030. The lowest BCUT2D eigenvalue weighted by Gasteiger charge is -2.25. The zero-order chi connectivity index (χ0) is 17.6. The first-order valence-corrected chi connectivity index (χ1v) is 10.8. The number of aryl methyl sites for hydroxylation is 1. The number of anilines is 1. The Morgan fingerprint density at radius 1 is 1.20 bits per heavy atom. The van der Waals surface area contributed by atoms with Crippen LogP contribution in [0.3, 0.4) is 0 Å². The molecule has 0 saturated carbocycles. The first kappa shape index (κ1) is 16.5. The molecule has 0 N–H and O–H groups in total. The number of aromatic nitrogens is 2. The number of nitrogens with zero attached hydrogens (tertiary/aromatic N) is 3. The molecule has 7 heteroatoms. The van der Waals surface area contributed by atoms with Crippen LogP contribution in [0.25, 0.3) is 20.7 Å². The second-order valence-electron chi connectivity index (χ2n) is 6.47. The molecule has 1 aliphatic heterocycles. The molecule has 0 unspecified atom stereocenters. The van der Waals surface area contributed by atoms with Gasteiger partial charge in [0.25, 0.3) is 0 Å². The van der Waals surface area contributed by atoms with Crippen molar-refractivity contribution >= 4 is 37.2 Å². The van der Waals surface area contributed by atoms with Crippen LogP contribution in [0.2, 0.25) is 0 Å². The van der Waals surface area contributed by atoms with E-state index in [1.807, 2.05) is 30.1 Å². The maximum Gasteiger partial charge on any atom is 0.152 e. The predicted molar refractivity (Wildman–Crippen MR) is 103 cm³/mol. The van der Waals surface area contributed by atoms with Crippen LogP contribution in [0.4, 0.5) is 5.82 Å². The van der Waals surface area contributed by atoms with Gasteiger partial charge in [0.1, 0.15) is 17.0 Å². The minimum atomic E-state index is -2.93. The van der Waals surface area contributed by atoms with E-state index in [0.717, 1.165) is 21.6 Å². The Balaban J connectivity index is 1.82. The molecule has 3 aromatic rings. The monoisotopic (exact) mass is 373 g/mol. The first-order chi connectivity index (χ1) is 12.0. The molecule has 0 bridgehead atoms. The lowest BCUT2D eigenvalue weighted by Crippen LogP contribution is -2.33. The Morgan fingerprint density at radius 2 is 1.96 bits per heavy atom. The van der Waals surface area contributed by atoms with E-state index in [0.29, 0.717) is 6.42 Å². The van der Waals surface area contributed by atoms with Crippen LogP contribution >= 0.6 is 11.3 Å². The standard InChI is InChI=1S/C18H19N3O2S2/c1-12-15-17(21(2)14-8-9-25(22,23)10-14)19-11-20-18(15)24-16(12)13-6-4-3-5-7-13/h3-7,11,14H,8-10H2,1-2H3/t14-/m0/s1. The van der Waals surface area contributed by atoms with Crippen molar-refractivity contribution in [1.82, 2.24) is 9.97 Å². The molecular formula is C18H19N3O2S2. The van der Waals surface area contributed by atoms with E-state index in [1.54, 1.807) is 17.7 Å². The van der Waals surface area contributed by atoms with E-state index < -0.39 is 9.84 Å². The van der Waals surface area contributed by atoms with Gasteiger partial charge in [0.05, 0.1) is 16.9 Å². The molecule has 1 aliphatic rings. The third kappa shape index (κ3) is 2.91. The van der Waals surface area contributed by atoms with Gasteiger partial charge in [0, 0.05) is 18.0 Å². The van der Waals surface area contributed by atoms with Gasteiger partial charge in [0.15, 0.2) is 9.84 Å². The summed E-state index contributed by atoms with van der Waals surface area (Å²) in [5.41, 5.74) is 2.31. The molecule has 0 radical (unpaired) electrons. The summed E-state index contributed by atoms with van der Waals surface area (Å²) in [6.45, 7) is 2.09. The van der Waals surface area contributed by atoms with Gasteiger partial charge in [-0.25, -0.2) is 18.4 Å². The number of rotatable bonds is 3. The molecule has 0 amide bonds. The molecule has 1 fully saturated rings. The van der Waals surface area contributed by atoms with Gasteiger partial charge in [-0.1, -0.05) is 30.3 Å². The van der Waals surface area contributed by atoms with Crippen molar-refractivity contribution in [2.24, 2.45) is 0 Å². The lowest BCUT2D eigenvalue weighted by atomic mass is 10.1. The molecule has 3 heterocycles. The highest BCUT2D eigenvalue weighted by Gasteiger charge is 2.32. The normalized spacial score (nSPS) is 19.4. The van der Waals surface area contributed by atoms with Crippen molar-refractivity contribution in [1.29, 1.82) is 0 Å². The van der Waals surface area contributed by atoms with Crippen molar-refractivity contribution in [3.05, 3.63) is 42.2 Å². The SMILES string of the molecule is Cc1c(-c2ccccc2)sc2ncnc(N(C)[C@H]3CCS(=O)(=O)C3)c12. The summed E-state index contributed by atoms with van der Waals surface area (Å²) < 4.78 is 23.7. The van der Waals surface area contributed by atoms with Gasteiger partial charge >= 0.3 is 0 Å². The maximum atomic E-state index is 11.8. The zero-order valence-electron chi connectivity index (χ0n) is 14.1. The summed E-state index contributed by atoms with van der Waals surface area (Å²) in [5, 5.41) is 1.03. The van der Waals surface area contributed by atoms with Crippen molar-refractivity contribution in [2.45, 2.75) is 19.4 Å².